The van der Waals surface area contributed by atoms with Crippen LogP contribution in [0.3, 0.4) is 0 Å². The Morgan fingerprint density at radius 3 is 2.43 bits per heavy atom. The number of ketones is 1. The lowest BCUT2D eigenvalue weighted by molar-refractivity contribution is 0.0980. The van der Waals surface area contributed by atoms with E-state index in [9.17, 15) is 13.6 Å². The molecule has 0 spiro atoms. The molecule has 2 aromatic carbocycles. The van der Waals surface area contributed by atoms with Crippen LogP contribution in [0, 0.1) is 11.6 Å². The number of para-hydroxylation sites is 1. The van der Waals surface area contributed by atoms with E-state index >= 15 is 0 Å². The highest BCUT2D eigenvalue weighted by Gasteiger charge is 2.16. The number of rotatable bonds is 6. The summed E-state index contributed by atoms with van der Waals surface area (Å²) in [5, 5.41) is 0. The quantitative estimate of drug-likeness (QED) is 0.747. The molecule has 0 aliphatic rings. The first-order valence-electron chi connectivity index (χ1n) is 6.90. The molecule has 2 rings (SSSR count). The molecular formula is C17H17F2NO. The van der Waals surface area contributed by atoms with Crippen molar-refractivity contribution >= 4 is 11.5 Å². The Morgan fingerprint density at radius 1 is 1.05 bits per heavy atom. The molecular weight excluding hydrogens is 272 g/mol. The van der Waals surface area contributed by atoms with Gasteiger partial charge in [-0.3, -0.25) is 4.79 Å². The lowest BCUT2D eigenvalue weighted by Gasteiger charge is -2.22. The number of anilines is 1. The molecule has 0 fully saturated rings. The molecule has 0 amide bonds. The molecule has 0 atom stereocenters. The first kappa shape index (κ1) is 15.2. The van der Waals surface area contributed by atoms with Crippen molar-refractivity contribution in [3.05, 3.63) is 65.7 Å². The number of hydrogen-bond donors (Lipinski definition) is 0. The van der Waals surface area contributed by atoms with Crippen LogP contribution in [0.5, 0.6) is 0 Å². The zero-order valence-corrected chi connectivity index (χ0v) is 11.9. The summed E-state index contributed by atoms with van der Waals surface area (Å²) < 4.78 is 26.7. The summed E-state index contributed by atoms with van der Waals surface area (Å²) in [5.74, 6) is -2.44. The molecule has 0 N–H and O–H groups in total. The fourth-order valence-corrected chi connectivity index (χ4v) is 2.20. The third kappa shape index (κ3) is 3.66. The van der Waals surface area contributed by atoms with Gasteiger partial charge < -0.3 is 4.90 Å². The first-order chi connectivity index (χ1) is 10.1. The van der Waals surface area contributed by atoms with Gasteiger partial charge in [0.05, 0.1) is 5.56 Å². The van der Waals surface area contributed by atoms with Gasteiger partial charge in [0.2, 0.25) is 0 Å². The van der Waals surface area contributed by atoms with Crippen LogP contribution < -0.4 is 4.90 Å². The number of carbonyl (C=O) groups is 1. The maximum absolute atomic E-state index is 13.6. The highest BCUT2D eigenvalue weighted by molar-refractivity contribution is 5.96. The van der Waals surface area contributed by atoms with E-state index in [0.29, 0.717) is 6.54 Å². The summed E-state index contributed by atoms with van der Waals surface area (Å²) in [7, 11) is 0. The highest BCUT2D eigenvalue weighted by atomic mass is 19.2. The molecule has 0 bridgehead atoms. The van der Waals surface area contributed by atoms with Gasteiger partial charge in [0, 0.05) is 25.2 Å². The normalized spacial score (nSPS) is 10.4. The van der Waals surface area contributed by atoms with E-state index in [1.54, 1.807) is 0 Å². The second-order valence-electron chi connectivity index (χ2n) is 4.69. The first-order valence-corrected chi connectivity index (χ1v) is 6.90. The molecule has 2 aromatic rings. The van der Waals surface area contributed by atoms with Gasteiger partial charge in [0.25, 0.3) is 0 Å². The van der Waals surface area contributed by atoms with Gasteiger partial charge in [-0.15, -0.1) is 0 Å². The molecule has 110 valence electrons. The number of halogens is 2. The number of Topliss-reactive ketones (excluding diaryl/α,β-unsaturated/α-hetero) is 1. The lowest BCUT2D eigenvalue weighted by atomic mass is 10.1. The van der Waals surface area contributed by atoms with E-state index < -0.39 is 11.6 Å². The van der Waals surface area contributed by atoms with Crippen molar-refractivity contribution in [2.45, 2.75) is 13.3 Å². The van der Waals surface area contributed by atoms with Gasteiger partial charge in [-0.1, -0.05) is 24.3 Å². The SMILES string of the molecule is CCN(CCC(=O)c1cccc(F)c1F)c1ccccc1. The Morgan fingerprint density at radius 2 is 1.76 bits per heavy atom. The monoisotopic (exact) mass is 289 g/mol. The summed E-state index contributed by atoms with van der Waals surface area (Å²) in [6, 6.07) is 13.4. The van der Waals surface area contributed by atoms with Gasteiger partial charge in [-0.25, -0.2) is 8.78 Å². The maximum Gasteiger partial charge on any atom is 0.169 e. The number of hydrogen-bond acceptors (Lipinski definition) is 2. The van der Waals surface area contributed by atoms with E-state index in [1.807, 2.05) is 42.2 Å². The molecule has 2 nitrogen and oxygen atoms in total. The molecule has 0 saturated heterocycles. The van der Waals surface area contributed by atoms with Gasteiger partial charge in [0.1, 0.15) is 0 Å². The van der Waals surface area contributed by atoms with E-state index in [0.717, 1.165) is 18.3 Å². The Balaban J connectivity index is 2.05. The van der Waals surface area contributed by atoms with Gasteiger partial charge >= 0.3 is 0 Å². The van der Waals surface area contributed by atoms with Crippen molar-refractivity contribution in [3.8, 4) is 0 Å². The van der Waals surface area contributed by atoms with E-state index in [-0.39, 0.29) is 17.8 Å². The van der Waals surface area contributed by atoms with Crippen LogP contribution in [0.2, 0.25) is 0 Å². The highest BCUT2D eigenvalue weighted by Crippen LogP contribution is 2.16. The molecule has 0 aromatic heterocycles. The summed E-state index contributed by atoms with van der Waals surface area (Å²) >= 11 is 0. The average molecular weight is 289 g/mol. The zero-order chi connectivity index (χ0) is 15.2. The van der Waals surface area contributed by atoms with Crippen LogP contribution in [0.25, 0.3) is 0 Å². The minimum atomic E-state index is -1.06. The van der Waals surface area contributed by atoms with E-state index in [1.165, 1.54) is 12.1 Å². The van der Waals surface area contributed by atoms with E-state index in [2.05, 4.69) is 0 Å². The summed E-state index contributed by atoms with van der Waals surface area (Å²) in [5.41, 5.74) is 0.826. The minimum Gasteiger partial charge on any atom is -0.371 e. The molecule has 0 heterocycles. The topological polar surface area (TPSA) is 20.3 Å². The van der Waals surface area contributed by atoms with Crippen molar-refractivity contribution in [1.29, 1.82) is 0 Å². The van der Waals surface area contributed by atoms with Crippen molar-refractivity contribution in [3.63, 3.8) is 0 Å². The Hall–Kier alpha value is -2.23. The van der Waals surface area contributed by atoms with Crippen LogP contribution in [0.1, 0.15) is 23.7 Å². The Kier molecular flexibility index (Phi) is 5.04. The van der Waals surface area contributed by atoms with Crippen LogP contribution >= 0.6 is 0 Å². The largest absolute Gasteiger partial charge is 0.371 e. The van der Waals surface area contributed by atoms with E-state index in [4.69, 9.17) is 0 Å². The molecule has 0 aliphatic heterocycles. The smallest absolute Gasteiger partial charge is 0.169 e. The zero-order valence-electron chi connectivity index (χ0n) is 11.9. The second-order valence-corrected chi connectivity index (χ2v) is 4.69. The third-order valence-electron chi connectivity index (χ3n) is 3.36. The number of benzene rings is 2. The third-order valence-corrected chi connectivity index (χ3v) is 3.36. The van der Waals surface area contributed by atoms with Gasteiger partial charge in [0.15, 0.2) is 17.4 Å². The maximum atomic E-state index is 13.6. The number of nitrogens with zero attached hydrogens (tertiary/aromatic N) is 1. The fraction of sp³-hybridized carbons (Fsp3) is 0.235. The lowest BCUT2D eigenvalue weighted by Crippen LogP contribution is -2.26. The Bertz CT molecular complexity index is 613. The molecule has 0 saturated carbocycles. The predicted octanol–water partition coefficient (Wildman–Crippen LogP) is 4.06. The van der Waals surface area contributed by atoms with Crippen LogP contribution in [-0.2, 0) is 0 Å². The molecule has 0 radical (unpaired) electrons. The molecule has 0 aliphatic carbocycles. The summed E-state index contributed by atoms with van der Waals surface area (Å²) in [6.07, 6.45) is 0.142. The van der Waals surface area contributed by atoms with Gasteiger partial charge in [-0.2, -0.15) is 0 Å². The van der Waals surface area contributed by atoms with Crippen LogP contribution in [-0.4, -0.2) is 18.9 Å². The fourth-order valence-electron chi connectivity index (χ4n) is 2.20. The summed E-state index contributed by atoms with van der Waals surface area (Å²) in [4.78, 5) is 14.1. The van der Waals surface area contributed by atoms with Crippen molar-refractivity contribution < 1.29 is 13.6 Å². The predicted molar refractivity (Wildman–Crippen MR) is 79.6 cm³/mol. The number of carbonyl (C=O) groups excluding carboxylic acids is 1. The standard InChI is InChI=1S/C17H17F2NO/c1-2-20(13-7-4-3-5-8-13)12-11-16(21)14-9-6-10-15(18)17(14)19/h3-10H,2,11-12H2,1H3. The van der Waals surface area contributed by atoms with Crippen molar-refractivity contribution in [2.24, 2.45) is 0 Å². The van der Waals surface area contributed by atoms with Crippen molar-refractivity contribution in [1.82, 2.24) is 0 Å². The summed E-state index contributed by atoms with van der Waals surface area (Å²) in [6.45, 7) is 3.19. The van der Waals surface area contributed by atoms with Crippen LogP contribution in [0.15, 0.2) is 48.5 Å². The second kappa shape index (κ2) is 6.97. The van der Waals surface area contributed by atoms with Crippen molar-refractivity contribution in [2.75, 3.05) is 18.0 Å². The molecule has 21 heavy (non-hydrogen) atoms. The average Bonchev–Trinajstić information content (AvgIpc) is 2.51. The Labute approximate surface area is 123 Å². The molecule has 4 heteroatoms. The minimum absolute atomic E-state index is 0.142. The van der Waals surface area contributed by atoms with Crippen LogP contribution in [0.4, 0.5) is 14.5 Å². The van der Waals surface area contributed by atoms with Gasteiger partial charge in [-0.05, 0) is 31.2 Å². The molecule has 0 unspecified atom stereocenters.